The lowest BCUT2D eigenvalue weighted by Crippen LogP contribution is -2.32. The fraction of sp³-hybridized carbons (Fsp3) is 0.308. The molecule has 0 bridgehead atoms. The van der Waals surface area contributed by atoms with Crippen LogP contribution in [-0.2, 0) is 4.74 Å². The Kier molecular flexibility index (Phi) is 3.84. The molecule has 1 aromatic carbocycles. The maximum absolute atomic E-state index is 12.0. The number of nitrogens with zero attached hydrogens (tertiary/aromatic N) is 1. The lowest BCUT2D eigenvalue weighted by Gasteiger charge is -2.24. The minimum Gasteiger partial charge on any atom is -0.399 e. The smallest absolute Gasteiger partial charge is 0.189 e. The SMILES string of the molecule is Nc1ccc(N)c(C(=O)C=CN2CCOCC2)c1. The van der Waals surface area contributed by atoms with Crippen molar-refractivity contribution in [2.75, 3.05) is 37.8 Å². The van der Waals surface area contributed by atoms with Gasteiger partial charge in [0.25, 0.3) is 0 Å². The minimum atomic E-state index is -0.133. The molecule has 0 amide bonds. The van der Waals surface area contributed by atoms with Gasteiger partial charge in [-0.25, -0.2) is 0 Å². The molecule has 1 fully saturated rings. The van der Waals surface area contributed by atoms with Crippen LogP contribution >= 0.6 is 0 Å². The molecule has 0 atom stereocenters. The van der Waals surface area contributed by atoms with Crippen LogP contribution in [0.2, 0.25) is 0 Å². The molecule has 2 rings (SSSR count). The number of ether oxygens (including phenoxy) is 1. The molecule has 1 aliphatic heterocycles. The number of allylic oxidation sites excluding steroid dienone is 1. The second-order valence-electron chi connectivity index (χ2n) is 4.18. The van der Waals surface area contributed by atoms with E-state index >= 15 is 0 Å². The Morgan fingerprint density at radius 3 is 2.72 bits per heavy atom. The Hall–Kier alpha value is -2.01. The summed E-state index contributed by atoms with van der Waals surface area (Å²) in [5.74, 6) is -0.133. The van der Waals surface area contributed by atoms with Crippen molar-refractivity contribution in [3.8, 4) is 0 Å². The predicted molar refractivity (Wildman–Crippen MR) is 71.1 cm³/mol. The summed E-state index contributed by atoms with van der Waals surface area (Å²) in [7, 11) is 0. The minimum absolute atomic E-state index is 0.133. The molecule has 1 aromatic rings. The third kappa shape index (κ3) is 3.01. The summed E-state index contributed by atoms with van der Waals surface area (Å²) in [6.07, 6.45) is 3.31. The summed E-state index contributed by atoms with van der Waals surface area (Å²) >= 11 is 0. The van der Waals surface area contributed by atoms with Gasteiger partial charge >= 0.3 is 0 Å². The molecule has 1 heterocycles. The van der Waals surface area contributed by atoms with Gasteiger partial charge in [0.15, 0.2) is 5.78 Å². The molecule has 1 saturated heterocycles. The summed E-state index contributed by atoms with van der Waals surface area (Å²) in [6, 6.07) is 4.92. The molecule has 18 heavy (non-hydrogen) atoms. The van der Waals surface area contributed by atoms with E-state index < -0.39 is 0 Å². The van der Waals surface area contributed by atoms with Gasteiger partial charge in [-0.3, -0.25) is 4.79 Å². The highest BCUT2D eigenvalue weighted by Crippen LogP contribution is 2.16. The Morgan fingerprint density at radius 1 is 1.28 bits per heavy atom. The highest BCUT2D eigenvalue weighted by atomic mass is 16.5. The quantitative estimate of drug-likeness (QED) is 0.471. The number of nitrogens with two attached hydrogens (primary N) is 2. The third-order valence-electron chi connectivity index (χ3n) is 2.83. The van der Waals surface area contributed by atoms with Crippen molar-refractivity contribution in [1.29, 1.82) is 0 Å². The number of benzene rings is 1. The average Bonchev–Trinajstić information content (AvgIpc) is 2.40. The van der Waals surface area contributed by atoms with Crippen LogP contribution in [0, 0.1) is 0 Å². The van der Waals surface area contributed by atoms with Crippen LogP contribution in [0.4, 0.5) is 11.4 Å². The van der Waals surface area contributed by atoms with Gasteiger partial charge in [0, 0.05) is 42.3 Å². The summed E-state index contributed by atoms with van der Waals surface area (Å²) < 4.78 is 5.23. The van der Waals surface area contributed by atoms with Gasteiger partial charge in [0.2, 0.25) is 0 Å². The maximum atomic E-state index is 12.0. The second kappa shape index (κ2) is 5.55. The van der Waals surface area contributed by atoms with E-state index in [9.17, 15) is 4.79 Å². The van der Waals surface area contributed by atoms with Gasteiger partial charge in [-0.05, 0) is 18.2 Å². The molecule has 0 spiro atoms. The number of morpholine rings is 1. The van der Waals surface area contributed by atoms with E-state index in [4.69, 9.17) is 16.2 Å². The number of rotatable bonds is 3. The summed E-state index contributed by atoms with van der Waals surface area (Å²) in [5, 5.41) is 0. The van der Waals surface area contributed by atoms with Crippen LogP contribution in [0.15, 0.2) is 30.5 Å². The van der Waals surface area contributed by atoms with E-state index in [0.717, 1.165) is 13.1 Å². The maximum Gasteiger partial charge on any atom is 0.189 e. The van der Waals surface area contributed by atoms with E-state index in [1.807, 2.05) is 4.90 Å². The number of anilines is 2. The van der Waals surface area contributed by atoms with E-state index in [0.29, 0.717) is 30.2 Å². The van der Waals surface area contributed by atoms with Gasteiger partial charge in [0.05, 0.1) is 13.2 Å². The predicted octanol–water partition coefficient (Wildman–Crippen LogP) is 0.880. The molecular formula is C13H17N3O2. The highest BCUT2D eigenvalue weighted by Gasteiger charge is 2.09. The van der Waals surface area contributed by atoms with Crippen molar-refractivity contribution in [1.82, 2.24) is 4.90 Å². The Morgan fingerprint density at radius 2 is 2.00 bits per heavy atom. The molecule has 96 valence electrons. The molecule has 1 aliphatic rings. The van der Waals surface area contributed by atoms with E-state index in [-0.39, 0.29) is 5.78 Å². The van der Waals surface area contributed by atoms with Crippen molar-refractivity contribution in [2.24, 2.45) is 0 Å². The van der Waals surface area contributed by atoms with Gasteiger partial charge in [-0.15, -0.1) is 0 Å². The second-order valence-corrected chi connectivity index (χ2v) is 4.18. The van der Waals surface area contributed by atoms with Gasteiger partial charge in [-0.2, -0.15) is 0 Å². The third-order valence-corrected chi connectivity index (χ3v) is 2.83. The van der Waals surface area contributed by atoms with E-state index in [1.54, 1.807) is 24.4 Å². The molecule has 0 radical (unpaired) electrons. The summed E-state index contributed by atoms with van der Waals surface area (Å²) in [6.45, 7) is 2.99. The van der Waals surface area contributed by atoms with Crippen molar-refractivity contribution >= 4 is 17.2 Å². The number of carbonyl (C=O) groups excluding carboxylic acids is 1. The van der Waals surface area contributed by atoms with Crippen LogP contribution in [0.5, 0.6) is 0 Å². The lowest BCUT2D eigenvalue weighted by atomic mass is 10.1. The van der Waals surface area contributed by atoms with Gasteiger partial charge in [0.1, 0.15) is 0 Å². The first-order valence-corrected chi connectivity index (χ1v) is 5.86. The topological polar surface area (TPSA) is 81.6 Å². The van der Waals surface area contributed by atoms with Crippen molar-refractivity contribution < 1.29 is 9.53 Å². The number of hydrogen-bond donors (Lipinski definition) is 2. The van der Waals surface area contributed by atoms with Crippen molar-refractivity contribution in [2.45, 2.75) is 0 Å². The monoisotopic (exact) mass is 247 g/mol. The fourth-order valence-corrected chi connectivity index (χ4v) is 1.78. The first-order valence-electron chi connectivity index (χ1n) is 5.86. The standard InChI is InChI=1S/C13H17N3O2/c14-10-1-2-12(15)11(9-10)13(17)3-4-16-5-7-18-8-6-16/h1-4,9H,5-8,14-15H2. The normalized spacial score (nSPS) is 16.1. The van der Waals surface area contributed by atoms with Crippen molar-refractivity contribution in [3.63, 3.8) is 0 Å². The van der Waals surface area contributed by atoms with Gasteiger partial charge < -0.3 is 21.1 Å². The fourth-order valence-electron chi connectivity index (χ4n) is 1.78. The highest BCUT2D eigenvalue weighted by molar-refractivity contribution is 6.08. The summed E-state index contributed by atoms with van der Waals surface area (Å²) in [5.41, 5.74) is 12.8. The summed E-state index contributed by atoms with van der Waals surface area (Å²) in [4.78, 5) is 14.0. The van der Waals surface area contributed by atoms with Crippen LogP contribution in [0.25, 0.3) is 0 Å². The average molecular weight is 247 g/mol. The molecule has 0 unspecified atom stereocenters. The molecule has 0 aromatic heterocycles. The molecule has 4 N–H and O–H groups in total. The Labute approximate surface area is 106 Å². The zero-order chi connectivity index (χ0) is 13.0. The number of ketones is 1. The number of nitrogen functional groups attached to an aromatic ring is 2. The van der Waals surface area contributed by atoms with Gasteiger partial charge in [-0.1, -0.05) is 0 Å². The molecule has 5 nitrogen and oxygen atoms in total. The van der Waals surface area contributed by atoms with Crippen LogP contribution in [0.1, 0.15) is 10.4 Å². The number of hydrogen-bond acceptors (Lipinski definition) is 5. The van der Waals surface area contributed by atoms with E-state index in [2.05, 4.69) is 0 Å². The number of carbonyl (C=O) groups is 1. The van der Waals surface area contributed by atoms with E-state index in [1.165, 1.54) is 6.08 Å². The first kappa shape index (κ1) is 12.4. The molecule has 0 aliphatic carbocycles. The van der Waals surface area contributed by atoms with Crippen LogP contribution < -0.4 is 11.5 Å². The molecular weight excluding hydrogens is 230 g/mol. The Bertz CT molecular complexity index is 465. The largest absolute Gasteiger partial charge is 0.399 e. The van der Waals surface area contributed by atoms with Crippen molar-refractivity contribution in [3.05, 3.63) is 36.0 Å². The molecule has 0 saturated carbocycles. The lowest BCUT2D eigenvalue weighted by molar-refractivity contribution is 0.0591. The Balaban J connectivity index is 2.06. The zero-order valence-corrected chi connectivity index (χ0v) is 10.1. The zero-order valence-electron chi connectivity index (χ0n) is 10.1. The van der Waals surface area contributed by atoms with Crippen LogP contribution in [-0.4, -0.2) is 37.0 Å². The molecule has 5 heteroatoms. The van der Waals surface area contributed by atoms with Crippen LogP contribution in [0.3, 0.4) is 0 Å². The first-order chi connectivity index (χ1) is 8.66.